The van der Waals surface area contributed by atoms with Gasteiger partial charge in [0.2, 0.25) is 5.82 Å². The minimum atomic E-state index is -0.520. The van der Waals surface area contributed by atoms with Gasteiger partial charge in [-0.1, -0.05) is 41.9 Å². The highest BCUT2D eigenvalue weighted by Gasteiger charge is 2.16. The van der Waals surface area contributed by atoms with Crippen LogP contribution in [0.2, 0.25) is 5.02 Å². The first-order valence-electron chi connectivity index (χ1n) is 6.41. The first kappa shape index (κ1) is 14.8. The van der Waals surface area contributed by atoms with Gasteiger partial charge in [0.15, 0.2) is 5.65 Å². The fraction of sp³-hybridized carbons (Fsp3) is 0.0714. The number of nitrogens with two attached hydrogens (primary N) is 1. The number of carbonyl (C=O) groups is 1. The molecule has 0 bridgehead atoms. The number of rotatable bonds is 4. The molecular weight excluding hydrogens is 322 g/mol. The standard InChI is InChI=1S/C14H12ClN5OS/c15-11-6-10(22-8-9-4-2-1-3-5-9)7-20-12(11)18-19-13(20)14(21)17-16/h1-7H,8,16H2,(H,17,21). The van der Waals surface area contributed by atoms with Gasteiger partial charge in [-0.2, -0.15) is 0 Å². The number of carbonyl (C=O) groups excluding carboxylic acids is 1. The van der Waals surface area contributed by atoms with Gasteiger partial charge in [0, 0.05) is 16.8 Å². The van der Waals surface area contributed by atoms with Crippen LogP contribution in [0.4, 0.5) is 0 Å². The summed E-state index contributed by atoms with van der Waals surface area (Å²) in [6.07, 6.45) is 1.78. The van der Waals surface area contributed by atoms with Crippen LogP contribution in [-0.4, -0.2) is 20.5 Å². The molecule has 8 heteroatoms. The highest BCUT2D eigenvalue weighted by Crippen LogP contribution is 2.27. The number of thioether (sulfide) groups is 1. The van der Waals surface area contributed by atoms with Gasteiger partial charge < -0.3 is 0 Å². The van der Waals surface area contributed by atoms with Crippen LogP contribution in [0.3, 0.4) is 0 Å². The molecule has 112 valence electrons. The quantitative estimate of drug-likeness (QED) is 0.331. The number of benzene rings is 1. The minimum absolute atomic E-state index is 0.0987. The molecule has 0 fully saturated rings. The summed E-state index contributed by atoms with van der Waals surface area (Å²) in [5, 5.41) is 8.15. The van der Waals surface area contributed by atoms with E-state index in [2.05, 4.69) is 22.3 Å². The molecule has 0 unspecified atom stereocenters. The predicted molar refractivity (Wildman–Crippen MR) is 85.7 cm³/mol. The van der Waals surface area contributed by atoms with E-state index in [0.29, 0.717) is 10.7 Å². The normalized spacial score (nSPS) is 10.8. The number of fused-ring (bicyclic) bond motifs is 1. The molecule has 0 aliphatic heterocycles. The van der Waals surface area contributed by atoms with Crippen molar-refractivity contribution in [2.45, 2.75) is 10.6 Å². The Bertz CT molecular complexity index is 821. The molecule has 1 aromatic carbocycles. The first-order valence-corrected chi connectivity index (χ1v) is 7.77. The Hall–Kier alpha value is -2.09. The third kappa shape index (κ3) is 2.92. The van der Waals surface area contributed by atoms with Crippen molar-refractivity contribution >= 4 is 34.9 Å². The van der Waals surface area contributed by atoms with Gasteiger partial charge in [-0.3, -0.25) is 14.6 Å². The minimum Gasteiger partial charge on any atom is -0.287 e. The van der Waals surface area contributed by atoms with E-state index in [0.717, 1.165) is 10.6 Å². The predicted octanol–water partition coefficient (Wildman–Crippen LogP) is 2.28. The van der Waals surface area contributed by atoms with E-state index in [4.69, 9.17) is 17.4 Å². The molecule has 0 spiro atoms. The number of amides is 1. The molecule has 2 aromatic heterocycles. The van der Waals surface area contributed by atoms with Crippen LogP contribution in [0.25, 0.3) is 5.65 Å². The van der Waals surface area contributed by atoms with Gasteiger partial charge >= 0.3 is 5.91 Å². The number of hydrazine groups is 1. The maximum absolute atomic E-state index is 11.7. The molecule has 1 amide bonds. The third-order valence-corrected chi connectivity index (χ3v) is 4.33. The Kier molecular flexibility index (Phi) is 4.28. The maximum atomic E-state index is 11.7. The summed E-state index contributed by atoms with van der Waals surface area (Å²) in [6.45, 7) is 0. The molecule has 3 N–H and O–H groups in total. The Morgan fingerprint density at radius 3 is 2.82 bits per heavy atom. The van der Waals surface area contributed by atoms with Gasteiger partial charge in [0.1, 0.15) is 0 Å². The third-order valence-electron chi connectivity index (χ3n) is 3.02. The maximum Gasteiger partial charge on any atom is 0.303 e. The Morgan fingerprint density at radius 2 is 2.09 bits per heavy atom. The molecule has 0 aliphatic rings. The van der Waals surface area contributed by atoms with E-state index in [-0.39, 0.29) is 5.82 Å². The van der Waals surface area contributed by atoms with Crippen LogP contribution in [0.5, 0.6) is 0 Å². The van der Waals surface area contributed by atoms with Gasteiger partial charge in [-0.25, -0.2) is 5.84 Å². The van der Waals surface area contributed by atoms with Crippen LogP contribution in [0.15, 0.2) is 47.5 Å². The van der Waals surface area contributed by atoms with E-state index in [1.165, 1.54) is 9.96 Å². The highest BCUT2D eigenvalue weighted by molar-refractivity contribution is 7.98. The van der Waals surface area contributed by atoms with E-state index in [1.807, 2.05) is 29.7 Å². The number of nitrogens with one attached hydrogen (secondary N) is 1. The lowest BCUT2D eigenvalue weighted by Gasteiger charge is -2.05. The zero-order valence-corrected chi connectivity index (χ0v) is 12.9. The van der Waals surface area contributed by atoms with E-state index in [1.54, 1.807) is 18.0 Å². The van der Waals surface area contributed by atoms with E-state index < -0.39 is 5.91 Å². The molecular formula is C14H12ClN5OS. The number of aromatic nitrogens is 3. The van der Waals surface area contributed by atoms with Crippen LogP contribution in [0, 0.1) is 0 Å². The molecule has 2 heterocycles. The second-order valence-electron chi connectivity index (χ2n) is 4.49. The fourth-order valence-corrected chi connectivity index (χ4v) is 3.19. The molecule has 0 atom stereocenters. The lowest BCUT2D eigenvalue weighted by molar-refractivity contribution is 0.0942. The van der Waals surface area contributed by atoms with Crippen LogP contribution in [-0.2, 0) is 5.75 Å². The zero-order valence-electron chi connectivity index (χ0n) is 11.4. The summed E-state index contributed by atoms with van der Waals surface area (Å²) >= 11 is 7.82. The second-order valence-corrected chi connectivity index (χ2v) is 5.94. The van der Waals surface area contributed by atoms with Crippen molar-refractivity contribution in [3.8, 4) is 0 Å². The highest BCUT2D eigenvalue weighted by atomic mass is 35.5. The van der Waals surface area contributed by atoms with Crippen LogP contribution >= 0.6 is 23.4 Å². The summed E-state index contributed by atoms with van der Waals surface area (Å²) < 4.78 is 1.54. The number of pyridine rings is 1. The summed E-state index contributed by atoms with van der Waals surface area (Å²) in [4.78, 5) is 12.6. The summed E-state index contributed by atoms with van der Waals surface area (Å²) in [7, 11) is 0. The van der Waals surface area contributed by atoms with Crippen LogP contribution < -0.4 is 11.3 Å². The molecule has 0 saturated heterocycles. The number of hydrogen-bond donors (Lipinski definition) is 2. The Morgan fingerprint density at radius 1 is 1.32 bits per heavy atom. The molecule has 3 rings (SSSR count). The van der Waals surface area contributed by atoms with Crippen molar-refractivity contribution in [3.63, 3.8) is 0 Å². The van der Waals surface area contributed by atoms with Gasteiger partial charge in [0.05, 0.1) is 5.02 Å². The van der Waals surface area contributed by atoms with E-state index >= 15 is 0 Å². The first-order chi connectivity index (χ1) is 10.7. The van der Waals surface area contributed by atoms with E-state index in [9.17, 15) is 4.79 Å². The number of halogens is 1. The lowest BCUT2D eigenvalue weighted by atomic mass is 10.2. The molecule has 3 aromatic rings. The number of hydrogen-bond acceptors (Lipinski definition) is 5. The van der Waals surface area contributed by atoms with Crippen molar-refractivity contribution in [2.24, 2.45) is 5.84 Å². The number of nitrogen functional groups attached to an aromatic ring is 1. The SMILES string of the molecule is NNC(=O)c1nnc2c(Cl)cc(SCc3ccccc3)cn12. The molecule has 0 radical (unpaired) electrons. The Balaban J connectivity index is 1.92. The zero-order chi connectivity index (χ0) is 15.5. The second kappa shape index (κ2) is 6.35. The van der Waals surface area contributed by atoms with Crippen molar-refractivity contribution in [3.05, 3.63) is 59.0 Å². The monoisotopic (exact) mass is 333 g/mol. The van der Waals surface area contributed by atoms with Gasteiger partial charge in [0.25, 0.3) is 0 Å². The average molecular weight is 334 g/mol. The van der Waals surface area contributed by atoms with Crippen molar-refractivity contribution < 1.29 is 4.79 Å². The molecule has 0 aliphatic carbocycles. The van der Waals surface area contributed by atoms with Crippen molar-refractivity contribution in [2.75, 3.05) is 0 Å². The summed E-state index contributed by atoms with van der Waals surface area (Å²) in [5.41, 5.74) is 3.67. The smallest absolute Gasteiger partial charge is 0.287 e. The fourth-order valence-electron chi connectivity index (χ4n) is 1.97. The number of nitrogens with zero attached hydrogens (tertiary/aromatic N) is 3. The average Bonchev–Trinajstić information content (AvgIpc) is 2.97. The van der Waals surface area contributed by atoms with Crippen LogP contribution in [0.1, 0.15) is 16.2 Å². The van der Waals surface area contributed by atoms with Gasteiger partial charge in [-0.15, -0.1) is 22.0 Å². The van der Waals surface area contributed by atoms with Crippen molar-refractivity contribution in [1.29, 1.82) is 0 Å². The molecule has 6 nitrogen and oxygen atoms in total. The van der Waals surface area contributed by atoms with Crippen molar-refractivity contribution in [1.82, 2.24) is 20.0 Å². The topological polar surface area (TPSA) is 85.3 Å². The Labute approximate surface area is 135 Å². The molecule has 0 saturated carbocycles. The summed E-state index contributed by atoms with van der Waals surface area (Å²) in [6, 6.07) is 11.9. The largest absolute Gasteiger partial charge is 0.303 e. The summed E-state index contributed by atoms with van der Waals surface area (Å²) in [5.74, 6) is 5.52. The molecule has 22 heavy (non-hydrogen) atoms. The van der Waals surface area contributed by atoms with Gasteiger partial charge in [-0.05, 0) is 11.6 Å². The lowest BCUT2D eigenvalue weighted by Crippen LogP contribution is -2.31.